The van der Waals surface area contributed by atoms with E-state index >= 15 is 0 Å². The second-order valence-electron chi connectivity index (χ2n) is 8.75. The fourth-order valence-electron chi connectivity index (χ4n) is 4.57. The van der Waals surface area contributed by atoms with Crippen LogP contribution in [0.3, 0.4) is 0 Å². The molecule has 1 atom stereocenters. The average molecular weight is 499 g/mol. The van der Waals surface area contributed by atoms with Gasteiger partial charge in [0.1, 0.15) is 11.3 Å². The SMILES string of the molecule is CCc1ccc(N2C[C@H](C(=O)Oc3cccc(N4C(=O)c5cccc([N+](=O)[O-])c5C4=O)c3)CC2=O)cc1. The average Bonchev–Trinajstić information content (AvgIpc) is 3.41. The molecule has 1 fully saturated rings. The number of esters is 1. The zero-order chi connectivity index (χ0) is 26.3. The van der Waals surface area contributed by atoms with Gasteiger partial charge in [0.2, 0.25) is 5.91 Å². The van der Waals surface area contributed by atoms with Crippen molar-refractivity contribution in [2.24, 2.45) is 5.92 Å². The Morgan fingerprint density at radius 2 is 1.73 bits per heavy atom. The molecule has 0 N–H and O–H groups in total. The maximum absolute atomic E-state index is 13.0. The molecular weight excluding hydrogens is 478 g/mol. The molecule has 37 heavy (non-hydrogen) atoms. The molecule has 2 aliphatic rings. The highest BCUT2D eigenvalue weighted by atomic mass is 16.6. The van der Waals surface area contributed by atoms with Crippen LogP contribution in [0.4, 0.5) is 17.1 Å². The summed E-state index contributed by atoms with van der Waals surface area (Å²) in [5.41, 5.74) is 1.14. The van der Waals surface area contributed by atoms with Gasteiger partial charge < -0.3 is 9.64 Å². The van der Waals surface area contributed by atoms with Gasteiger partial charge in [0.05, 0.1) is 22.1 Å². The van der Waals surface area contributed by atoms with Gasteiger partial charge in [-0.2, -0.15) is 0 Å². The van der Waals surface area contributed by atoms with E-state index in [1.54, 1.807) is 4.90 Å². The molecule has 1 saturated heterocycles. The van der Waals surface area contributed by atoms with Crippen molar-refractivity contribution >= 4 is 40.8 Å². The van der Waals surface area contributed by atoms with E-state index in [1.807, 2.05) is 31.2 Å². The first-order valence-electron chi connectivity index (χ1n) is 11.7. The zero-order valence-electron chi connectivity index (χ0n) is 19.7. The maximum Gasteiger partial charge on any atom is 0.316 e. The largest absolute Gasteiger partial charge is 0.426 e. The summed E-state index contributed by atoms with van der Waals surface area (Å²) in [6.07, 6.45) is 0.871. The third-order valence-corrected chi connectivity index (χ3v) is 6.50. The van der Waals surface area contributed by atoms with Gasteiger partial charge in [0.25, 0.3) is 17.5 Å². The lowest BCUT2D eigenvalue weighted by molar-refractivity contribution is -0.385. The summed E-state index contributed by atoms with van der Waals surface area (Å²) in [6.45, 7) is 2.21. The van der Waals surface area contributed by atoms with Crippen LogP contribution < -0.4 is 14.5 Å². The number of benzene rings is 3. The van der Waals surface area contributed by atoms with Crippen molar-refractivity contribution in [3.05, 3.63) is 93.5 Å². The van der Waals surface area contributed by atoms with E-state index in [4.69, 9.17) is 4.74 Å². The Balaban J connectivity index is 1.32. The molecule has 0 aliphatic carbocycles. The smallest absolute Gasteiger partial charge is 0.316 e. The molecule has 5 rings (SSSR count). The van der Waals surface area contributed by atoms with E-state index in [0.717, 1.165) is 23.0 Å². The molecule has 0 bridgehead atoms. The van der Waals surface area contributed by atoms with Crippen molar-refractivity contribution < 1.29 is 28.8 Å². The van der Waals surface area contributed by atoms with E-state index < -0.39 is 34.3 Å². The van der Waals surface area contributed by atoms with Crippen LogP contribution in [0.1, 0.15) is 39.6 Å². The van der Waals surface area contributed by atoms with Crippen molar-refractivity contribution in [2.75, 3.05) is 16.3 Å². The van der Waals surface area contributed by atoms with Crippen molar-refractivity contribution in [3.63, 3.8) is 0 Å². The van der Waals surface area contributed by atoms with Gasteiger partial charge in [0.15, 0.2) is 0 Å². The summed E-state index contributed by atoms with van der Waals surface area (Å²) in [5.74, 6) is -2.96. The number of amides is 3. The summed E-state index contributed by atoms with van der Waals surface area (Å²) in [5, 5.41) is 11.4. The second kappa shape index (κ2) is 9.30. The fraction of sp³-hybridized carbons (Fsp3) is 0.185. The van der Waals surface area contributed by atoms with Crippen LogP contribution >= 0.6 is 0 Å². The Morgan fingerprint density at radius 1 is 1.00 bits per heavy atom. The molecule has 0 unspecified atom stereocenters. The number of rotatable bonds is 6. The third kappa shape index (κ3) is 4.22. The molecule has 0 aromatic heterocycles. The number of nitrogens with zero attached hydrogens (tertiary/aromatic N) is 3. The van der Waals surface area contributed by atoms with Crippen LogP contribution in [-0.2, 0) is 16.0 Å². The van der Waals surface area contributed by atoms with Crippen LogP contribution in [-0.4, -0.2) is 35.2 Å². The molecule has 0 radical (unpaired) electrons. The Morgan fingerprint density at radius 3 is 2.43 bits per heavy atom. The normalized spacial score (nSPS) is 16.8. The predicted molar refractivity (Wildman–Crippen MR) is 133 cm³/mol. The lowest BCUT2D eigenvalue weighted by Gasteiger charge is -2.17. The van der Waals surface area contributed by atoms with Gasteiger partial charge in [-0.15, -0.1) is 0 Å². The summed E-state index contributed by atoms with van der Waals surface area (Å²) < 4.78 is 5.50. The first kappa shape index (κ1) is 23.9. The van der Waals surface area contributed by atoms with Crippen LogP contribution in [0.5, 0.6) is 5.75 Å². The number of imide groups is 1. The summed E-state index contributed by atoms with van der Waals surface area (Å²) >= 11 is 0. The molecule has 3 aromatic carbocycles. The van der Waals surface area contributed by atoms with Crippen molar-refractivity contribution in [3.8, 4) is 5.75 Å². The molecule has 10 heteroatoms. The van der Waals surface area contributed by atoms with Crippen molar-refractivity contribution in [1.82, 2.24) is 0 Å². The van der Waals surface area contributed by atoms with E-state index in [-0.39, 0.29) is 41.4 Å². The van der Waals surface area contributed by atoms with E-state index in [1.165, 1.54) is 36.4 Å². The van der Waals surface area contributed by atoms with E-state index in [0.29, 0.717) is 5.69 Å². The Labute approximate surface area is 211 Å². The molecule has 10 nitrogen and oxygen atoms in total. The Bertz CT molecular complexity index is 1470. The number of fused-ring (bicyclic) bond motifs is 1. The zero-order valence-corrected chi connectivity index (χ0v) is 19.7. The van der Waals surface area contributed by atoms with Crippen molar-refractivity contribution in [1.29, 1.82) is 0 Å². The number of hydrogen-bond donors (Lipinski definition) is 0. The maximum atomic E-state index is 13.0. The molecule has 3 aromatic rings. The molecule has 0 spiro atoms. The predicted octanol–water partition coefficient (Wildman–Crippen LogP) is 3.92. The first-order valence-corrected chi connectivity index (χ1v) is 11.7. The summed E-state index contributed by atoms with van der Waals surface area (Å²) in [4.78, 5) is 64.3. The van der Waals surface area contributed by atoms with Gasteiger partial charge in [-0.3, -0.25) is 29.3 Å². The third-order valence-electron chi connectivity index (χ3n) is 6.50. The molecule has 2 aliphatic heterocycles. The number of ether oxygens (including phenoxy) is 1. The second-order valence-corrected chi connectivity index (χ2v) is 8.75. The number of carbonyl (C=O) groups excluding carboxylic acids is 4. The molecule has 0 saturated carbocycles. The van der Waals surface area contributed by atoms with Crippen molar-refractivity contribution in [2.45, 2.75) is 19.8 Å². The standard InChI is InChI=1S/C27H21N3O7/c1-2-16-9-11-18(12-10-16)28-15-17(13-23(28)31)27(34)37-20-6-3-5-19(14-20)29-25(32)21-7-4-8-22(30(35)36)24(21)26(29)33/h3-12,14,17H,2,13,15H2,1H3/t17-/m1/s1. The van der Waals surface area contributed by atoms with Gasteiger partial charge in [-0.1, -0.05) is 31.2 Å². The molecule has 186 valence electrons. The highest BCUT2D eigenvalue weighted by Crippen LogP contribution is 2.35. The van der Waals surface area contributed by atoms with Gasteiger partial charge in [-0.25, -0.2) is 4.90 Å². The van der Waals surface area contributed by atoms with Gasteiger partial charge in [0, 0.05) is 30.8 Å². The number of nitro benzene ring substituents is 1. The van der Waals surface area contributed by atoms with Gasteiger partial charge in [-0.05, 0) is 42.3 Å². The lowest BCUT2D eigenvalue weighted by Crippen LogP contribution is -2.29. The fourth-order valence-corrected chi connectivity index (χ4v) is 4.57. The quantitative estimate of drug-likeness (QED) is 0.165. The Kier molecular flexibility index (Phi) is 6.00. The number of hydrogen-bond acceptors (Lipinski definition) is 7. The highest BCUT2D eigenvalue weighted by molar-refractivity contribution is 6.35. The first-order chi connectivity index (χ1) is 17.8. The number of aryl methyl sites for hydroxylation is 1. The van der Waals surface area contributed by atoms with Crippen LogP contribution in [0.25, 0.3) is 0 Å². The number of anilines is 2. The molecular formula is C27H21N3O7. The topological polar surface area (TPSA) is 127 Å². The summed E-state index contributed by atoms with van der Waals surface area (Å²) in [7, 11) is 0. The highest BCUT2D eigenvalue weighted by Gasteiger charge is 2.42. The number of carbonyl (C=O) groups is 4. The minimum absolute atomic E-state index is 0.00384. The Hall–Kier alpha value is -4.86. The minimum atomic E-state index is -0.832. The minimum Gasteiger partial charge on any atom is -0.426 e. The summed E-state index contributed by atoms with van der Waals surface area (Å²) in [6, 6.07) is 17.2. The van der Waals surface area contributed by atoms with E-state index in [2.05, 4.69) is 0 Å². The molecule has 3 amide bonds. The number of nitro groups is 1. The molecule has 2 heterocycles. The van der Waals surface area contributed by atoms with E-state index in [9.17, 15) is 29.3 Å². The van der Waals surface area contributed by atoms with Crippen LogP contribution in [0, 0.1) is 16.0 Å². The lowest BCUT2D eigenvalue weighted by atomic mass is 10.1. The van der Waals surface area contributed by atoms with Crippen LogP contribution in [0.2, 0.25) is 0 Å². The van der Waals surface area contributed by atoms with Crippen LogP contribution in [0.15, 0.2) is 66.7 Å². The monoisotopic (exact) mass is 499 g/mol. The van der Waals surface area contributed by atoms with Gasteiger partial charge >= 0.3 is 5.97 Å².